The summed E-state index contributed by atoms with van der Waals surface area (Å²) in [5, 5.41) is 14.9. The van der Waals surface area contributed by atoms with Crippen LogP contribution in [0.25, 0.3) is 22.6 Å². The van der Waals surface area contributed by atoms with Crippen molar-refractivity contribution in [2.45, 2.75) is 20.5 Å². The Morgan fingerprint density at radius 1 is 0.906 bits per heavy atom. The van der Waals surface area contributed by atoms with Gasteiger partial charge in [0.1, 0.15) is 23.9 Å². The van der Waals surface area contributed by atoms with Crippen molar-refractivity contribution in [2.24, 2.45) is 0 Å². The Morgan fingerprint density at radius 3 is 2.41 bits per heavy atom. The van der Waals surface area contributed by atoms with Gasteiger partial charge in [0.25, 0.3) is 5.91 Å². The third-order valence-electron chi connectivity index (χ3n) is 5.07. The van der Waals surface area contributed by atoms with Gasteiger partial charge in [-0.2, -0.15) is 0 Å². The minimum atomic E-state index is -0.438. The second-order valence-electron chi connectivity index (χ2n) is 7.38. The Hall–Kier alpha value is -3.68. The number of aliphatic hydroxyl groups excluding tert-OH is 1. The zero-order valence-electron chi connectivity index (χ0n) is 17.6. The van der Waals surface area contributed by atoms with Crippen LogP contribution in [-0.2, 0) is 6.61 Å². The van der Waals surface area contributed by atoms with E-state index in [1.54, 1.807) is 24.3 Å². The number of benzene rings is 2. The predicted molar refractivity (Wildman–Crippen MR) is 127 cm³/mol. The van der Waals surface area contributed by atoms with Crippen LogP contribution in [-0.4, -0.2) is 16.1 Å². The number of thiocarbonyl (C=S) groups is 1. The molecular formula is C25H22N2O4S. The summed E-state index contributed by atoms with van der Waals surface area (Å²) >= 11 is 5.29. The predicted octanol–water partition coefficient (Wildman–Crippen LogP) is 5.44. The number of hydrogen-bond acceptors (Lipinski definition) is 5. The van der Waals surface area contributed by atoms with Crippen molar-refractivity contribution in [3.05, 3.63) is 89.4 Å². The molecule has 162 valence electrons. The normalized spacial score (nSPS) is 10.7. The standard InChI is InChI=1S/C25H22N2O4S/c1-15-6-7-18(12-16(15)2)22-10-11-23(31-22)24(29)27-25(32)26-19-5-3-4-17(13-19)21-9-8-20(14-28)30-21/h3-13,28H,14H2,1-2H3,(H2,26,27,29,32). The molecule has 0 aliphatic rings. The van der Waals surface area contributed by atoms with Crippen LogP contribution in [0.3, 0.4) is 0 Å². The fourth-order valence-corrected chi connectivity index (χ4v) is 3.42. The monoisotopic (exact) mass is 446 g/mol. The minimum Gasteiger partial charge on any atom is -0.459 e. The second-order valence-corrected chi connectivity index (χ2v) is 7.78. The molecule has 4 aromatic rings. The first-order valence-corrected chi connectivity index (χ1v) is 10.4. The van der Waals surface area contributed by atoms with Crippen molar-refractivity contribution in [3.63, 3.8) is 0 Å². The van der Waals surface area contributed by atoms with E-state index in [1.165, 1.54) is 5.56 Å². The Bertz CT molecular complexity index is 1290. The molecule has 0 aliphatic carbocycles. The van der Waals surface area contributed by atoms with E-state index in [4.69, 9.17) is 26.2 Å². The zero-order chi connectivity index (χ0) is 22.7. The van der Waals surface area contributed by atoms with Gasteiger partial charge in [-0.05, 0) is 79.7 Å². The number of aliphatic hydroxyl groups is 1. The third kappa shape index (κ3) is 4.80. The molecule has 4 rings (SSSR count). The third-order valence-corrected chi connectivity index (χ3v) is 5.27. The van der Waals surface area contributed by atoms with E-state index < -0.39 is 5.91 Å². The molecule has 6 nitrogen and oxygen atoms in total. The maximum absolute atomic E-state index is 12.6. The molecule has 0 fully saturated rings. The molecule has 2 heterocycles. The number of carbonyl (C=O) groups is 1. The molecule has 0 radical (unpaired) electrons. The average Bonchev–Trinajstić information content (AvgIpc) is 3.46. The van der Waals surface area contributed by atoms with Gasteiger partial charge < -0.3 is 19.3 Å². The first-order chi connectivity index (χ1) is 15.4. The molecule has 0 saturated heterocycles. The molecule has 2 aromatic heterocycles. The second kappa shape index (κ2) is 9.21. The molecule has 3 N–H and O–H groups in total. The Morgan fingerprint density at radius 2 is 1.66 bits per heavy atom. The van der Waals surface area contributed by atoms with Gasteiger partial charge in [0, 0.05) is 16.8 Å². The lowest BCUT2D eigenvalue weighted by Crippen LogP contribution is -2.33. The molecule has 0 atom stereocenters. The van der Waals surface area contributed by atoms with E-state index >= 15 is 0 Å². The average molecular weight is 447 g/mol. The van der Waals surface area contributed by atoms with E-state index in [2.05, 4.69) is 10.6 Å². The number of amides is 1. The van der Waals surface area contributed by atoms with Gasteiger partial charge in [0.15, 0.2) is 10.9 Å². The van der Waals surface area contributed by atoms with Gasteiger partial charge in [0.2, 0.25) is 0 Å². The zero-order valence-corrected chi connectivity index (χ0v) is 18.5. The fraction of sp³-hybridized carbons (Fsp3) is 0.120. The highest BCUT2D eigenvalue weighted by Crippen LogP contribution is 2.26. The number of rotatable bonds is 5. The maximum atomic E-state index is 12.6. The first-order valence-electron chi connectivity index (χ1n) is 10.0. The van der Waals surface area contributed by atoms with Gasteiger partial charge >= 0.3 is 0 Å². The summed E-state index contributed by atoms with van der Waals surface area (Å²) in [6.45, 7) is 3.92. The van der Waals surface area contributed by atoms with E-state index in [0.29, 0.717) is 23.0 Å². The number of hydrogen-bond donors (Lipinski definition) is 3. The van der Waals surface area contributed by atoms with Gasteiger partial charge in [-0.15, -0.1) is 0 Å². The van der Waals surface area contributed by atoms with Crippen molar-refractivity contribution < 1.29 is 18.7 Å². The molecular weight excluding hydrogens is 424 g/mol. The largest absolute Gasteiger partial charge is 0.459 e. The van der Waals surface area contributed by atoms with Gasteiger partial charge in [-0.3, -0.25) is 10.1 Å². The van der Waals surface area contributed by atoms with E-state index in [-0.39, 0.29) is 17.5 Å². The molecule has 0 saturated carbocycles. The van der Waals surface area contributed by atoms with Crippen LogP contribution in [0.4, 0.5) is 5.69 Å². The summed E-state index contributed by atoms with van der Waals surface area (Å²) in [7, 11) is 0. The highest BCUT2D eigenvalue weighted by molar-refractivity contribution is 7.80. The highest BCUT2D eigenvalue weighted by Gasteiger charge is 2.14. The van der Waals surface area contributed by atoms with Crippen molar-refractivity contribution in [2.75, 3.05) is 5.32 Å². The summed E-state index contributed by atoms with van der Waals surface area (Å²) in [5.41, 5.74) is 4.75. The summed E-state index contributed by atoms with van der Waals surface area (Å²) in [5.74, 6) is 1.46. The lowest BCUT2D eigenvalue weighted by molar-refractivity contribution is 0.0951. The van der Waals surface area contributed by atoms with Crippen LogP contribution >= 0.6 is 12.2 Å². The minimum absolute atomic E-state index is 0.145. The van der Waals surface area contributed by atoms with Crippen molar-refractivity contribution in [3.8, 4) is 22.6 Å². The van der Waals surface area contributed by atoms with Crippen LogP contribution in [0.2, 0.25) is 0 Å². The molecule has 0 aliphatic heterocycles. The quantitative estimate of drug-likeness (QED) is 0.354. The summed E-state index contributed by atoms with van der Waals surface area (Å²) in [4.78, 5) is 12.6. The van der Waals surface area contributed by atoms with Gasteiger partial charge in [0.05, 0.1) is 0 Å². The highest BCUT2D eigenvalue weighted by atomic mass is 32.1. The number of anilines is 1. The summed E-state index contributed by atoms with van der Waals surface area (Å²) in [6, 6.07) is 20.3. The Kier molecular flexibility index (Phi) is 6.20. The summed E-state index contributed by atoms with van der Waals surface area (Å²) < 4.78 is 11.3. The van der Waals surface area contributed by atoms with Crippen LogP contribution < -0.4 is 10.6 Å². The van der Waals surface area contributed by atoms with E-state index in [9.17, 15) is 4.79 Å². The van der Waals surface area contributed by atoms with Crippen molar-refractivity contribution in [1.29, 1.82) is 0 Å². The van der Waals surface area contributed by atoms with E-state index in [1.807, 2.05) is 56.3 Å². The molecule has 7 heteroatoms. The lowest BCUT2D eigenvalue weighted by Gasteiger charge is -2.09. The van der Waals surface area contributed by atoms with Crippen LogP contribution in [0, 0.1) is 13.8 Å². The Balaban J connectivity index is 1.41. The molecule has 2 aromatic carbocycles. The van der Waals surface area contributed by atoms with Crippen molar-refractivity contribution >= 4 is 28.9 Å². The number of carbonyl (C=O) groups excluding carboxylic acids is 1. The molecule has 1 amide bonds. The lowest BCUT2D eigenvalue weighted by atomic mass is 10.1. The fourth-order valence-electron chi connectivity index (χ4n) is 3.21. The van der Waals surface area contributed by atoms with E-state index in [0.717, 1.165) is 16.7 Å². The molecule has 0 bridgehead atoms. The SMILES string of the molecule is Cc1ccc(-c2ccc(C(=O)NC(=S)Nc3cccc(-c4ccc(CO)o4)c3)o2)cc1C. The molecule has 32 heavy (non-hydrogen) atoms. The van der Waals surface area contributed by atoms with Crippen LogP contribution in [0.1, 0.15) is 27.4 Å². The van der Waals surface area contributed by atoms with Crippen LogP contribution in [0.5, 0.6) is 0 Å². The first kappa shape index (κ1) is 21.5. The summed E-state index contributed by atoms with van der Waals surface area (Å²) in [6.07, 6.45) is 0. The topological polar surface area (TPSA) is 87.6 Å². The molecule has 0 unspecified atom stereocenters. The van der Waals surface area contributed by atoms with Crippen molar-refractivity contribution in [1.82, 2.24) is 5.32 Å². The van der Waals surface area contributed by atoms with Gasteiger partial charge in [-0.25, -0.2) is 0 Å². The maximum Gasteiger partial charge on any atom is 0.293 e. The van der Waals surface area contributed by atoms with Crippen LogP contribution in [0.15, 0.2) is 75.6 Å². The van der Waals surface area contributed by atoms with Gasteiger partial charge in [-0.1, -0.05) is 24.3 Å². The number of furan rings is 2. The Labute approximate surface area is 190 Å². The number of nitrogens with one attached hydrogen (secondary N) is 2. The molecule has 0 spiro atoms. The number of aryl methyl sites for hydroxylation is 2. The smallest absolute Gasteiger partial charge is 0.293 e.